The van der Waals surface area contributed by atoms with Crippen LogP contribution in [0.2, 0.25) is 0 Å². The Kier molecular flexibility index (Phi) is 3.48. The minimum Gasteiger partial charge on any atom is -0.328 e. The Bertz CT molecular complexity index is 497. The minimum atomic E-state index is 0.151. The SMILES string of the molecule is CC(C)Cn1c(CC(C)N)nc2ccccc21. The van der Waals surface area contributed by atoms with Gasteiger partial charge in [0.1, 0.15) is 5.82 Å². The number of nitrogens with zero attached hydrogens (tertiary/aromatic N) is 2. The van der Waals surface area contributed by atoms with Crippen LogP contribution in [-0.4, -0.2) is 15.6 Å². The fourth-order valence-corrected chi connectivity index (χ4v) is 2.14. The maximum Gasteiger partial charge on any atom is 0.111 e. The van der Waals surface area contributed by atoms with Crippen LogP contribution in [-0.2, 0) is 13.0 Å². The average Bonchev–Trinajstić information content (AvgIpc) is 2.55. The van der Waals surface area contributed by atoms with Crippen molar-refractivity contribution in [2.24, 2.45) is 11.7 Å². The van der Waals surface area contributed by atoms with Crippen LogP contribution in [0, 0.1) is 5.92 Å². The van der Waals surface area contributed by atoms with Crippen molar-refractivity contribution in [1.29, 1.82) is 0 Å². The van der Waals surface area contributed by atoms with E-state index in [-0.39, 0.29) is 6.04 Å². The normalized spacial score (nSPS) is 13.5. The molecule has 92 valence electrons. The van der Waals surface area contributed by atoms with E-state index >= 15 is 0 Å². The standard InChI is InChI=1S/C14H21N3/c1-10(2)9-17-13-7-5-4-6-12(13)16-14(17)8-11(3)15/h4-7,10-11H,8-9,15H2,1-3H3. The van der Waals surface area contributed by atoms with Gasteiger partial charge in [0, 0.05) is 19.0 Å². The largest absolute Gasteiger partial charge is 0.328 e. The topological polar surface area (TPSA) is 43.8 Å². The van der Waals surface area contributed by atoms with Crippen molar-refractivity contribution in [3.8, 4) is 0 Å². The van der Waals surface area contributed by atoms with E-state index < -0.39 is 0 Å². The first-order chi connectivity index (χ1) is 8.08. The van der Waals surface area contributed by atoms with Crippen molar-refractivity contribution in [3.63, 3.8) is 0 Å². The average molecular weight is 231 g/mol. The van der Waals surface area contributed by atoms with E-state index in [2.05, 4.69) is 41.6 Å². The molecule has 0 spiro atoms. The predicted octanol–water partition coefficient (Wildman–Crippen LogP) is 2.58. The Hall–Kier alpha value is -1.35. The highest BCUT2D eigenvalue weighted by Crippen LogP contribution is 2.18. The molecule has 17 heavy (non-hydrogen) atoms. The molecule has 0 fully saturated rings. The summed E-state index contributed by atoms with van der Waals surface area (Å²) in [5.74, 6) is 1.72. The Balaban J connectivity index is 2.48. The maximum atomic E-state index is 5.89. The molecule has 0 saturated heterocycles. The van der Waals surface area contributed by atoms with Crippen LogP contribution in [0.3, 0.4) is 0 Å². The third kappa shape index (κ3) is 2.67. The van der Waals surface area contributed by atoms with E-state index in [4.69, 9.17) is 5.73 Å². The second-order valence-corrected chi connectivity index (χ2v) is 5.20. The van der Waals surface area contributed by atoms with Gasteiger partial charge in [-0.2, -0.15) is 0 Å². The first kappa shape index (κ1) is 12.1. The third-order valence-corrected chi connectivity index (χ3v) is 2.79. The zero-order chi connectivity index (χ0) is 12.4. The van der Waals surface area contributed by atoms with Gasteiger partial charge in [-0.25, -0.2) is 4.98 Å². The van der Waals surface area contributed by atoms with Gasteiger partial charge < -0.3 is 10.3 Å². The number of para-hydroxylation sites is 2. The van der Waals surface area contributed by atoms with E-state index in [9.17, 15) is 0 Å². The summed E-state index contributed by atoms with van der Waals surface area (Å²) >= 11 is 0. The van der Waals surface area contributed by atoms with Crippen LogP contribution in [0.1, 0.15) is 26.6 Å². The molecule has 3 nitrogen and oxygen atoms in total. The summed E-state index contributed by atoms with van der Waals surface area (Å²) in [6, 6.07) is 8.45. The van der Waals surface area contributed by atoms with Gasteiger partial charge >= 0.3 is 0 Å². The van der Waals surface area contributed by atoms with Gasteiger partial charge in [-0.1, -0.05) is 26.0 Å². The summed E-state index contributed by atoms with van der Waals surface area (Å²) in [5.41, 5.74) is 8.18. The summed E-state index contributed by atoms with van der Waals surface area (Å²) < 4.78 is 2.31. The highest BCUT2D eigenvalue weighted by molar-refractivity contribution is 5.75. The van der Waals surface area contributed by atoms with Crippen LogP contribution >= 0.6 is 0 Å². The number of nitrogens with two attached hydrogens (primary N) is 1. The number of hydrogen-bond acceptors (Lipinski definition) is 2. The molecule has 1 aromatic heterocycles. The number of hydrogen-bond donors (Lipinski definition) is 1. The van der Waals surface area contributed by atoms with E-state index in [1.807, 2.05) is 13.0 Å². The smallest absolute Gasteiger partial charge is 0.111 e. The lowest BCUT2D eigenvalue weighted by molar-refractivity contribution is 0.509. The number of benzene rings is 1. The lowest BCUT2D eigenvalue weighted by Crippen LogP contribution is -2.21. The predicted molar refractivity (Wildman–Crippen MR) is 71.9 cm³/mol. The molecular weight excluding hydrogens is 210 g/mol. The molecule has 0 bridgehead atoms. The van der Waals surface area contributed by atoms with Crippen LogP contribution in [0.15, 0.2) is 24.3 Å². The molecule has 2 N–H and O–H groups in total. The summed E-state index contributed by atoms with van der Waals surface area (Å²) in [5, 5.41) is 0. The van der Waals surface area contributed by atoms with Crippen molar-refractivity contribution < 1.29 is 0 Å². The zero-order valence-electron chi connectivity index (χ0n) is 10.9. The van der Waals surface area contributed by atoms with Crippen molar-refractivity contribution >= 4 is 11.0 Å². The van der Waals surface area contributed by atoms with Crippen LogP contribution < -0.4 is 5.73 Å². The van der Waals surface area contributed by atoms with Gasteiger partial charge in [-0.05, 0) is 25.0 Å². The molecule has 0 aliphatic carbocycles. The van der Waals surface area contributed by atoms with Crippen molar-refractivity contribution in [1.82, 2.24) is 9.55 Å². The van der Waals surface area contributed by atoms with E-state index in [0.717, 1.165) is 24.3 Å². The maximum absolute atomic E-state index is 5.89. The van der Waals surface area contributed by atoms with Gasteiger partial charge in [0.15, 0.2) is 0 Å². The molecule has 1 heterocycles. The van der Waals surface area contributed by atoms with Gasteiger partial charge in [0.25, 0.3) is 0 Å². The van der Waals surface area contributed by atoms with Crippen LogP contribution in [0.25, 0.3) is 11.0 Å². The van der Waals surface area contributed by atoms with Gasteiger partial charge in [-0.15, -0.1) is 0 Å². The number of imidazole rings is 1. The summed E-state index contributed by atoms with van der Waals surface area (Å²) in [6.07, 6.45) is 0.835. The molecular formula is C14H21N3. The first-order valence-electron chi connectivity index (χ1n) is 6.27. The molecule has 1 atom stereocenters. The molecule has 1 unspecified atom stereocenters. The number of rotatable bonds is 4. The highest BCUT2D eigenvalue weighted by Gasteiger charge is 2.12. The van der Waals surface area contributed by atoms with E-state index in [1.54, 1.807) is 0 Å². The molecule has 0 aliphatic rings. The molecule has 0 radical (unpaired) electrons. The zero-order valence-corrected chi connectivity index (χ0v) is 10.9. The van der Waals surface area contributed by atoms with Crippen molar-refractivity contribution in [2.75, 3.05) is 0 Å². The van der Waals surface area contributed by atoms with Crippen LogP contribution in [0.4, 0.5) is 0 Å². The minimum absolute atomic E-state index is 0.151. The van der Waals surface area contributed by atoms with Gasteiger partial charge in [0.05, 0.1) is 11.0 Å². The fourth-order valence-electron chi connectivity index (χ4n) is 2.14. The van der Waals surface area contributed by atoms with Crippen molar-refractivity contribution in [3.05, 3.63) is 30.1 Å². The first-order valence-corrected chi connectivity index (χ1v) is 6.27. The second-order valence-electron chi connectivity index (χ2n) is 5.20. The van der Waals surface area contributed by atoms with Gasteiger partial charge in [-0.3, -0.25) is 0 Å². The summed E-state index contributed by atoms with van der Waals surface area (Å²) in [4.78, 5) is 4.69. The van der Waals surface area contributed by atoms with Gasteiger partial charge in [0.2, 0.25) is 0 Å². The molecule has 3 heteroatoms. The lowest BCUT2D eigenvalue weighted by atomic mass is 10.2. The molecule has 0 aliphatic heterocycles. The number of aromatic nitrogens is 2. The monoisotopic (exact) mass is 231 g/mol. The van der Waals surface area contributed by atoms with E-state index in [0.29, 0.717) is 5.92 Å². The summed E-state index contributed by atoms with van der Waals surface area (Å²) in [7, 11) is 0. The second kappa shape index (κ2) is 4.88. The summed E-state index contributed by atoms with van der Waals surface area (Å²) in [6.45, 7) is 7.48. The molecule has 0 saturated carbocycles. The Morgan fingerprint density at radius 1 is 1.24 bits per heavy atom. The molecule has 0 amide bonds. The molecule has 2 aromatic rings. The van der Waals surface area contributed by atoms with E-state index in [1.165, 1.54) is 5.52 Å². The quantitative estimate of drug-likeness (QED) is 0.879. The lowest BCUT2D eigenvalue weighted by Gasteiger charge is -2.12. The highest BCUT2D eigenvalue weighted by atomic mass is 15.1. The number of fused-ring (bicyclic) bond motifs is 1. The Labute approximate surface area is 103 Å². The molecule has 2 rings (SSSR count). The molecule has 1 aromatic carbocycles. The Morgan fingerprint density at radius 3 is 2.59 bits per heavy atom. The third-order valence-electron chi connectivity index (χ3n) is 2.79. The Morgan fingerprint density at radius 2 is 1.94 bits per heavy atom. The fraction of sp³-hybridized carbons (Fsp3) is 0.500. The van der Waals surface area contributed by atoms with Crippen LogP contribution in [0.5, 0.6) is 0 Å². The van der Waals surface area contributed by atoms with Crippen molar-refractivity contribution in [2.45, 2.75) is 39.8 Å².